The van der Waals surface area contributed by atoms with Crippen molar-refractivity contribution in [3.63, 3.8) is 0 Å². The van der Waals surface area contributed by atoms with Crippen LogP contribution in [-0.4, -0.2) is 44.8 Å². The highest BCUT2D eigenvalue weighted by Crippen LogP contribution is 2.25. The van der Waals surface area contributed by atoms with Gasteiger partial charge in [-0.1, -0.05) is 6.92 Å². The zero-order chi connectivity index (χ0) is 15.5. The van der Waals surface area contributed by atoms with Crippen LogP contribution in [0.25, 0.3) is 0 Å². The molecule has 1 rings (SSSR count). The van der Waals surface area contributed by atoms with Crippen molar-refractivity contribution in [3.05, 3.63) is 17.0 Å². The van der Waals surface area contributed by atoms with Crippen molar-refractivity contribution in [2.75, 3.05) is 13.1 Å². The van der Waals surface area contributed by atoms with Gasteiger partial charge < -0.3 is 10.0 Å². The second-order valence-electron chi connectivity index (χ2n) is 6.17. The minimum absolute atomic E-state index is 0.0714. The average Bonchev–Trinajstić information content (AvgIpc) is 2.64. The fourth-order valence-corrected chi connectivity index (χ4v) is 2.62. The number of aliphatic hydroxyl groups is 1. The Labute approximate surface area is 121 Å². The second-order valence-corrected chi connectivity index (χ2v) is 6.17. The molecule has 0 fully saturated rings. The molecule has 1 amide bonds. The molecule has 1 heterocycles. The van der Waals surface area contributed by atoms with E-state index in [1.165, 1.54) is 0 Å². The number of carbonyl (C=O) groups is 1. The zero-order valence-electron chi connectivity index (χ0n) is 13.4. The molecule has 0 saturated heterocycles. The van der Waals surface area contributed by atoms with Crippen LogP contribution in [0.4, 0.5) is 0 Å². The summed E-state index contributed by atoms with van der Waals surface area (Å²) < 4.78 is 0. The lowest BCUT2D eigenvalue weighted by atomic mass is 9.95. The molecule has 0 bridgehead atoms. The van der Waals surface area contributed by atoms with Crippen molar-refractivity contribution in [1.82, 2.24) is 15.1 Å². The van der Waals surface area contributed by atoms with Crippen molar-refractivity contribution in [3.8, 4) is 0 Å². The number of hydrogen-bond acceptors (Lipinski definition) is 3. The molecular weight excluding hydrogens is 254 g/mol. The van der Waals surface area contributed by atoms with Gasteiger partial charge in [0, 0.05) is 25.2 Å². The number of aromatic nitrogens is 2. The van der Waals surface area contributed by atoms with Crippen LogP contribution in [-0.2, 0) is 4.79 Å². The summed E-state index contributed by atoms with van der Waals surface area (Å²) in [7, 11) is 0. The van der Waals surface area contributed by atoms with E-state index in [-0.39, 0.29) is 11.8 Å². The predicted molar refractivity (Wildman–Crippen MR) is 79.6 cm³/mol. The maximum absolute atomic E-state index is 12.4. The third-order valence-electron chi connectivity index (χ3n) is 3.47. The van der Waals surface area contributed by atoms with Gasteiger partial charge in [-0.15, -0.1) is 0 Å². The molecule has 2 N–H and O–H groups in total. The van der Waals surface area contributed by atoms with Gasteiger partial charge in [0.2, 0.25) is 5.91 Å². The number of likely N-dealkylation sites (N-methyl/N-ethyl adjacent to an activating group) is 1. The van der Waals surface area contributed by atoms with Gasteiger partial charge in [0.15, 0.2) is 0 Å². The first kappa shape index (κ1) is 16.7. The summed E-state index contributed by atoms with van der Waals surface area (Å²) in [5, 5.41) is 17.0. The summed E-state index contributed by atoms with van der Waals surface area (Å²) in [5.74, 6) is 0.194. The Morgan fingerprint density at radius 3 is 2.45 bits per heavy atom. The third-order valence-corrected chi connectivity index (χ3v) is 3.47. The summed E-state index contributed by atoms with van der Waals surface area (Å²) in [6.45, 7) is 12.3. The summed E-state index contributed by atoms with van der Waals surface area (Å²) in [6, 6.07) is 0. The van der Waals surface area contributed by atoms with Gasteiger partial charge in [-0.3, -0.25) is 9.89 Å². The standard InChI is InChI=1S/C15H27N3O2/c1-7-18(9-15(5,6)20)13(19)8-10(2)14-11(3)16-17-12(14)4/h10,20H,7-9H2,1-6H3,(H,16,17). The molecule has 114 valence electrons. The number of nitrogens with zero attached hydrogens (tertiary/aromatic N) is 2. The van der Waals surface area contributed by atoms with Crippen molar-refractivity contribution < 1.29 is 9.90 Å². The highest BCUT2D eigenvalue weighted by molar-refractivity contribution is 5.77. The number of amides is 1. The van der Waals surface area contributed by atoms with E-state index in [1.807, 2.05) is 27.7 Å². The molecule has 20 heavy (non-hydrogen) atoms. The molecule has 0 aliphatic heterocycles. The minimum atomic E-state index is -0.865. The topological polar surface area (TPSA) is 69.2 Å². The van der Waals surface area contributed by atoms with Crippen LogP contribution in [0, 0.1) is 13.8 Å². The maximum Gasteiger partial charge on any atom is 0.223 e. The fraction of sp³-hybridized carbons (Fsp3) is 0.733. The fourth-order valence-electron chi connectivity index (χ4n) is 2.62. The summed E-state index contributed by atoms with van der Waals surface area (Å²) in [4.78, 5) is 14.1. The Morgan fingerprint density at radius 2 is 2.05 bits per heavy atom. The van der Waals surface area contributed by atoms with Crippen molar-refractivity contribution in [2.45, 2.75) is 59.5 Å². The quantitative estimate of drug-likeness (QED) is 0.839. The van der Waals surface area contributed by atoms with Crippen LogP contribution in [0.3, 0.4) is 0 Å². The molecule has 0 aliphatic carbocycles. The van der Waals surface area contributed by atoms with Gasteiger partial charge in [-0.05, 0) is 46.1 Å². The minimum Gasteiger partial charge on any atom is -0.389 e. The smallest absolute Gasteiger partial charge is 0.223 e. The maximum atomic E-state index is 12.4. The van der Waals surface area contributed by atoms with Gasteiger partial charge in [0.1, 0.15) is 0 Å². The van der Waals surface area contributed by atoms with E-state index in [4.69, 9.17) is 0 Å². The van der Waals surface area contributed by atoms with Crippen LogP contribution < -0.4 is 0 Å². The lowest BCUT2D eigenvalue weighted by Gasteiger charge is -2.29. The molecule has 0 aliphatic rings. The number of aryl methyl sites for hydroxylation is 2. The van der Waals surface area contributed by atoms with Crippen LogP contribution >= 0.6 is 0 Å². The second kappa shape index (κ2) is 6.39. The molecular formula is C15H27N3O2. The largest absolute Gasteiger partial charge is 0.389 e. The SMILES string of the molecule is CCN(CC(C)(C)O)C(=O)CC(C)c1c(C)n[nH]c1C. The number of aromatic amines is 1. The lowest BCUT2D eigenvalue weighted by Crippen LogP contribution is -2.42. The lowest BCUT2D eigenvalue weighted by molar-refractivity contribution is -0.134. The molecule has 1 aromatic heterocycles. The normalized spacial score (nSPS) is 13.3. The summed E-state index contributed by atoms with van der Waals surface area (Å²) >= 11 is 0. The van der Waals surface area contributed by atoms with Crippen LogP contribution in [0.2, 0.25) is 0 Å². The molecule has 0 aromatic carbocycles. The van der Waals surface area contributed by atoms with E-state index >= 15 is 0 Å². The Balaban J connectivity index is 2.74. The number of nitrogens with one attached hydrogen (secondary N) is 1. The van der Waals surface area contributed by atoms with Crippen molar-refractivity contribution in [1.29, 1.82) is 0 Å². The number of H-pyrrole nitrogens is 1. The average molecular weight is 281 g/mol. The summed E-state index contributed by atoms with van der Waals surface area (Å²) in [5.41, 5.74) is 2.23. The van der Waals surface area contributed by atoms with Crippen LogP contribution in [0.15, 0.2) is 0 Å². The van der Waals surface area contributed by atoms with Crippen molar-refractivity contribution >= 4 is 5.91 Å². The highest BCUT2D eigenvalue weighted by Gasteiger charge is 2.24. The van der Waals surface area contributed by atoms with Gasteiger partial charge >= 0.3 is 0 Å². The highest BCUT2D eigenvalue weighted by atomic mass is 16.3. The molecule has 5 nitrogen and oxygen atoms in total. The zero-order valence-corrected chi connectivity index (χ0v) is 13.4. The molecule has 0 spiro atoms. The molecule has 5 heteroatoms. The first-order valence-corrected chi connectivity index (χ1v) is 7.17. The van der Waals surface area contributed by atoms with Gasteiger partial charge in [0.05, 0.1) is 11.3 Å². The van der Waals surface area contributed by atoms with Gasteiger partial charge in [0.25, 0.3) is 0 Å². The van der Waals surface area contributed by atoms with Crippen molar-refractivity contribution in [2.24, 2.45) is 0 Å². The Kier molecular flexibility index (Phi) is 5.34. The van der Waals surface area contributed by atoms with Gasteiger partial charge in [-0.25, -0.2) is 0 Å². The molecule has 0 radical (unpaired) electrons. The molecule has 1 atom stereocenters. The van der Waals surface area contributed by atoms with Crippen LogP contribution in [0.5, 0.6) is 0 Å². The van der Waals surface area contributed by atoms with E-state index < -0.39 is 5.60 Å². The number of hydrogen-bond donors (Lipinski definition) is 2. The molecule has 0 saturated carbocycles. The predicted octanol–water partition coefficient (Wildman–Crippen LogP) is 2.14. The molecule has 1 unspecified atom stereocenters. The van der Waals surface area contributed by atoms with Crippen LogP contribution in [0.1, 0.15) is 57.0 Å². The van der Waals surface area contributed by atoms with E-state index in [0.717, 1.165) is 17.0 Å². The van der Waals surface area contributed by atoms with Gasteiger partial charge in [-0.2, -0.15) is 5.10 Å². The molecule has 1 aromatic rings. The van der Waals surface area contributed by atoms with E-state index in [0.29, 0.717) is 19.5 Å². The third kappa shape index (κ3) is 4.34. The van der Waals surface area contributed by atoms with E-state index in [2.05, 4.69) is 10.2 Å². The Morgan fingerprint density at radius 1 is 1.45 bits per heavy atom. The Hall–Kier alpha value is -1.36. The number of carbonyl (C=O) groups excluding carboxylic acids is 1. The number of rotatable bonds is 6. The first-order chi connectivity index (χ1) is 9.15. The summed E-state index contributed by atoms with van der Waals surface area (Å²) in [6.07, 6.45) is 0.436. The first-order valence-electron chi connectivity index (χ1n) is 7.17. The Bertz CT molecular complexity index is 441. The van der Waals surface area contributed by atoms with E-state index in [9.17, 15) is 9.90 Å². The van der Waals surface area contributed by atoms with E-state index in [1.54, 1.807) is 18.7 Å². The monoisotopic (exact) mass is 281 g/mol.